The van der Waals surface area contributed by atoms with Crippen LogP contribution in [0.2, 0.25) is 0 Å². The molecule has 154 valence electrons. The number of amides is 2. The van der Waals surface area contributed by atoms with Crippen LogP contribution >= 0.6 is 0 Å². The first-order chi connectivity index (χ1) is 13.0. The Morgan fingerprint density at radius 3 is 2.57 bits per heavy atom. The number of carbonyl (C=O) groups is 2. The van der Waals surface area contributed by atoms with Gasteiger partial charge in [0.15, 0.2) is 0 Å². The van der Waals surface area contributed by atoms with Crippen molar-refractivity contribution in [1.82, 2.24) is 10.6 Å². The van der Waals surface area contributed by atoms with Gasteiger partial charge in [-0.15, -0.1) is 0 Å². The fourth-order valence-corrected chi connectivity index (χ4v) is 2.04. The number of carbonyl (C=O) groups excluding carboxylic acids is 2. The van der Waals surface area contributed by atoms with Crippen LogP contribution in [-0.4, -0.2) is 48.4 Å². The summed E-state index contributed by atoms with van der Waals surface area (Å²) >= 11 is 0. The van der Waals surface area contributed by atoms with E-state index in [9.17, 15) is 14.7 Å². The van der Waals surface area contributed by atoms with Gasteiger partial charge >= 0.3 is 12.0 Å². The van der Waals surface area contributed by atoms with Gasteiger partial charge in [0, 0.05) is 25.5 Å². The second-order valence-electron chi connectivity index (χ2n) is 6.99. The fraction of sp³-hybridized carbons (Fsp3) is 0.421. The molecule has 0 saturated carbocycles. The highest BCUT2D eigenvalue weighted by Gasteiger charge is 2.17. The maximum atomic E-state index is 12.3. The number of amidine groups is 1. The topological polar surface area (TPSA) is 132 Å². The Balaban J connectivity index is 2.66. The van der Waals surface area contributed by atoms with Gasteiger partial charge in [0.05, 0.1) is 12.2 Å². The van der Waals surface area contributed by atoms with Crippen molar-refractivity contribution in [3.8, 4) is 11.5 Å². The molecule has 0 aliphatic rings. The lowest BCUT2D eigenvalue weighted by Gasteiger charge is -2.18. The summed E-state index contributed by atoms with van der Waals surface area (Å²) in [5, 5.41) is 20.3. The Labute approximate surface area is 164 Å². The zero-order valence-corrected chi connectivity index (χ0v) is 16.7. The van der Waals surface area contributed by atoms with E-state index in [2.05, 4.69) is 10.6 Å². The van der Waals surface area contributed by atoms with Crippen LogP contribution in [-0.2, 0) is 9.47 Å². The van der Waals surface area contributed by atoms with Gasteiger partial charge in [-0.3, -0.25) is 10.7 Å². The monoisotopic (exact) mass is 394 g/mol. The smallest absolute Gasteiger partial charge is 0.411 e. The predicted octanol–water partition coefficient (Wildman–Crippen LogP) is 0.732. The SMILES string of the molecule is COC[C@H](C)Oc1cc(O)cc(C(=O)NC(=[NH2+])/C=C\NC(=O)OC(C)(C)C)c1. The Kier molecular flexibility index (Phi) is 8.46. The summed E-state index contributed by atoms with van der Waals surface area (Å²) in [7, 11) is 1.55. The zero-order valence-electron chi connectivity index (χ0n) is 16.7. The molecule has 0 radical (unpaired) electrons. The molecular formula is C19H28N3O6+. The number of aromatic hydroxyl groups is 1. The number of hydrogen-bond acceptors (Lipinski definition) is 6. The maximum absolute atomic E-state index is 12.3. The highest BCUT2D eigenvalue weighted by molar-refractivity contribution is 6.08. The molecule has 9 nitrogen and oxygen atoms in total. The number of benzene rings is 1. The van der Waals surface area contributed by atoms with Crippen LogP contribution in [0.15, 0.2) is 30.5 Å². The first-order valence-electron chi connectivity index (χ1n) is 8.59. The molecule has 0 unspecified atom stereocenters. The molecule has 0 aromatic heterocycles. The lowest BCUT2D eigenvalue weighted by molar-refractivity contribution is -0.115. The van der Waals surface area contributed by atoms with E-state index in [1.807, 2.05) is 0 Å². The molecular weight excluding hydrogens is 366 g/mol. The first kappa shape index (κ1) is 23.0. The van der Waals surface area contributed by atoms with Crippen molar-refractivity contribution in [3.05, 3.63) is 36.0 Å². The molecule has 1 atom stereocenters. The van der Waals surface area contributed by atoms with Gasteiger partial charge in [-0.05, 0) is 39.8 Å². The third kappa shape index (κ3) is 9.04. The largest absolute Gasteiger partial charge is 0.508 e. The van der Waals surface area contributed by atoms with E-state index in [0.717, 1.165) is 0 Å². The number of rotatable bonds is 7. The number of alkyl carbamates (subject to hydrolysis) is 1. The molecule has 28 heavy (non-hydrogen) atoms. The first-order valence-corrected chi connectivity index (χ1v) is 8.59. The van der Waals surface area contributed by atoms with E-state index in [-0.39, 0.29) is 23.3 Å². The Morgan fingerprint density at radius 2 is 1.96 bits per heavy atom. The molecule has 9 heteroatoms. The molecule has 0 bridgehead atoms. The summed E-state index contributed by atoms with van der Waals surface area (Å²) in [5.74, 6) is -0.387. The molecule has 0 saturated heterocycles. The van der Waals surface area contributed by atoms with Crippen LogP contribution in [0.4, 0.5) is 4.79 Å². The van der Waals surface area contributed by atoms with Crippen LogP contribution in [0.1, 0.15) is 38.1 Å². The summed E-state index contributed by atoms with van der Waals surface area (Å²) in [4.78, 5) is 23.8. The third-order valence-corrected chi connectivity index (χ3v) is 3.01. The molecule has 0 aliphatic carbocycles. The van der Waals surface area contributed by atoms with Crippen molar-refractivity contribution >= 4 is 17.8 Å². The van der Waals surface area contributed by atoms with Crippen LogP contribution < -0.4 is 20.8 Å². The van der Waals surface area contributed by atoms with E-state index < -0.39 is 17.6 Å². The van der Waals surface area contributed by atoms with Gasteiger partial charge < -0.3 is 19.3 Å². The van der Waals surface area contributed by atoms with Crippen molar-refractivity contribution in [2.75, 3.05) is 13.7 Å². The van der Waals surface area contributed by atoms with Crippen LogP contribution in [0.5, 0.6) is 11.5 Å². The van der Waals surface area contributed by atoms with E-state index in [0.29, 0.717) is 12.4 Å². The molecule has 5 N–H and O–H groups in total. The van der Waals surface area contributed by atoms with Gasteiger partial charge in [-0.1, -0.05) is 0 Å². The normalized spacial score (nSPS) is 12.3. The zero-order chi connectivity index (χ0) is 21.3. The molecule has 0 spiro atoms. The average Bonchev–Trinajstić information content (AvgIpc) is 2.52. The standard InChI is InChI=1S/C19H27N3O6/c1-12(11-26-5)27-15-9-13(8-14(23)10-15)17(24)22-16(20)6-7-21-18(25)28-19(2,3)4/h6-10,12,23H,11H2,1-5H3,(H,21,25)(H2,20,22,24)/p+1/b7-6-/t12-/m0/s1. The van der Waals surface area contributed by atoms with Crippen molar-refractivity contribution in [3.63, 3.8) is 0 Å². The summed E-state index contributed by atoms with van der Waals surface area (Å²) in [6.07, 6.45) is 1.62. The van der Waals surface area contributed by atoms with Gasteiger partial charge in [0.2, 0.25) is 0 Å². The van der Waals surface area contributed by atoms with Crippen LogP contribution in [0, 0.1) is 0 Å². The van der Waals surface area contributed by atoms with E-state index in [1.165, 1.54) is 30.5 Å². The Morgan fingerprint density at radius 1 is 1.29 bits per heavy atom. The van der Waals surface area contributed by atoms with Gasteiger partial charge in [-0.2, -0.15) is 0 Å². The number of ether oxygens (including phenoxy) is 3. The van der Waals surface area contributed by atoms with E-state index in [1.54, 1.807) is 34.8 Å². The Hall–Kier alpha value is -3.07. The minimum absolute atomic E-state index is 0.0142. The molecule has 1 aromatic rings. The van der Waals surface area contributed by atoms with Gasteiger partial charge in [-0.25, -0.2) is 14.9 Å². The molecule has 1 aromatic carbocycles. The molecule has 2 amide bonds. The fourth-order valence-electron chi connectivity index (χ4n) is 2.04. The average molecular weight is 394 g/mol. The lowest BCUT2D eigenvalue weighted by Crippen LogP contribution is -2.50. The Bertz CT molecular complexity index is 740. The number of nitrogens with one attached hydrogen (secondary N) is 2. The van der Waals surface area contributed by atoms with Gasteiger partial charge in [0.1, 0.15) is 23.2 Å². The molecule has 0 aliphatic heterocycles. The van der Waals surface area contributed by atoms with Crippen molar-refractivity contribution < 1.29 is 34.3 Å². The summed E-state index contributed by atoms with van der Waals surface area (Å²) < 4.78 is 15.6. The predicted molar refractivity (Wildman–Crippen MR) is 103 cm³/mol. The molecule has 1 rings (SSSR count). The van der Waals surface area contributed by atoms with Crippen LogP contribution in [0.3, 0.4) is 0 Å². The van der Waals surface area contributed by atoms with Crippen molar-refractivity contribution in [2.45, 2.75) is 39.4 Å². The highest BCUT2D eigenvalue weighted by atomic mass is 16.6. The lowest BCUT2D eigenvalue weighted by atomic mass is 10.2. The number of phenols is 1. The number of phenolic OH excluding ortho intramolecular Hbond substituents is 1. The van der Waals surface area contributed by atoms with Gasteiger partial charge in [0.25, 0.3) is 5.84 Å². The van der Waals surface area contributed by atoms with Crippen molar-refractivity contribution in [2.24, 2.45) is 0 Å². The van der Waals surface area contributed by atoms with E-state index in [4.69, 9.17) is 19.6 Å². The number of nitrogens with two attached hydrogens (primary N) is 1. The second kappa shape index (κ2) is 10.3. The second-order valence-corrected chi connectivity index (χ2v) is 6.99. The maximum Gasteiger partial charge on any atom is 0.411 e. The quantitative estimate of drug-likeness (QED) is 0.398. The summed E-state index contributed by atoms with van der Waals surface area (Å²) in [6, 6.07) is 4.14. The highest BCUT2D eigenvalue weighted by Crippen LogP contribution is 2.22. The number of methoxy groups -OCH3 is 1. The molecule has 0 heterocycles. The summed E-state index contributed by atoms with van der Waals surface area (Å²) in [5.41, 5.74) is -0.479. The minimum Gasteiger partial charge on any atom is -0.508 e. The van der Waals surface area contributed by atoms with Crippen molar-refractivity contribution in [1.29, 1.82) is 0 Å². The summed E-state index contributed by atoms with van der Waals surface area (Å²) in [6.45, 7) is 7.36. The molecule has 0 fully saturated rings. The van der Waals surface area contributed by atoms with Crippen LogP contribution in [0.25, 0.3) is 0 Å². The minimum atomic E-state index is -0.650. The number of hydrogen-bond donors (Lipinski definition) is 4. The van der Waals surface area contributed by atoms with E-state index >= 15 is 0 Å². The third-order valence-electron chi connectivity index (χ3n) is 3.01.